The topological polar surface area (TPSA) is 111 Å². The first-order valence-electron chi connectivity index (χ1n) is 12.4. The van der Waals surface area contributed by atoms with Gasteiger partial charge in [-0.2, -0.15) is 0 Å². The highest BCUT2D eigenvalue weighted by atomic mass is 19.1. The van der Waals surface area contributed by atoms with Crippen LogP contribution in [0.4, 0.5) is 23.2 Å². The van der Waals surface area contributed by atoms with Gasteiger partial charge in [-0.15, -0.1) is 0 Å². The fraction of sp³-hybridized carbons (Fsp3) is 0.500. The summed E-state index contributed by atoms with van der Waals surface area (Å²) in [5.41, 5.74) is 6.25. The monoisotopic (exact) mass is 528 g/mol. The van der Waals surface area contributed by atoms with E-state index in [1.807, 2.05) is 13.8 Å². The van der Waals surface area contributed by atoms with Gasteiger partial charge in [-0.05, 0) is 31.5 Å². The first-order valence-corrected chi connectivity index (χ1v) is 12.4. The molecule has 0 saturated carbocycles. The number of carbonyl (C=O) groups excluding carboxylic acids is 1. The third-order valence-corrected chi connectivity index (χ3v) is 5.93. The number of aliphatic hydroxyl groups excluding tert-OH is 2. The lowest BCUT2D eigenvalue weighted by Crippen LogP contribution is -2.45. The number of hydrazine groups is 1. The Bertz CT molecular complexity index is 1040. The van der Waals surface area contributed by atoms with Crippen molar-refractivity contribution in [1.82, 2.24) is 15.8 Å². The molecule has 0 aromatic heterocycles. The second-order valence-electron chi connectivity index (χ2n) is 8.89. The summed E-state index contributed by atoms with van der Waals surface area (Å²) in [6.07, 6.45) is -0.202. The maximum Gasteiger partial charge on any atom is 0.238 e. The average molecular weight is 529 g/mol. The molecule has 0 radical (unpaired) electrons. The normalized spacial score (nSPS) is 13.1. The van der Waals surface area contributed by atoms with Gasteiger partial charge in [0.15, 0.2) is 5.82 Å². The van der Waals surface area contributed by atoms with Crippen molar-refractivity contribution in [3.63, 3.8) is 0 Å². The number of aliphatic hydroxyl groups is 2. The Morgan fingerprint density at radius 2 is 1.57 bits per heavy atom. The molecular weight excluding hydrogens is 492 g/mol. The van der Waals surface area contributed by atoms with Crippen LogP contribution in [-0.4, -0.2) is 47.3 Å². The first-order chi connectivity index (χ1) is 17.6. The molecule has 0 bridgehead atoms. The van der Waals surface area contributed by atoms with Gasteiger partial charge >= 0.3 is 0 Å². The number of nitrogens with zero attached hydrogens (tertiary/aromatic N) is 1. The van der Waals surface area contributed by atoms with Crippen LogP contribution in [0.2, 0.25) is 0 Å². The Morgan fingerprint density at radius 3 is 2.22 bits per heavy atom. The summed E-state index contributed by atoms with van der Waals surface area (Å²) in [6, 6.07) is 4.13. The molecule has 0 heterocycles. The number of benzene rings is 2. The number of amides is 1. The summed E-state index contributed by atoms with van der Waals surface area (Å²) in [7, 11) is 0. The fourth-order valence-corrected chi connectivity index (χ4v) is 3.75. The molecule has 2 unspecified atom stereocenters. The van der Waals surface area contributed by atoms with E-state index in [1.165, 1.54) is 5.01 Å². The van der Waals surface area contributed by atoms with Gasteiger partial charge in [0, 0.05) is 36.3 Å². The van der Waals surface area contributed by atoms with Gasteiger partial charge in [0.25, 0.3) is 0 Å². The minimum absolute atomic E-state index is 0.0708. The largest absolute Gasteiger partial charge is 0.394 e. The number of nitrogens with two attached hydrogens (primary N) is 1. The molecular formula is C26H36F4N4O3. The van der Waals surface area contributed by atoms with Crippen molar-refractivity contribution in [1.29, 1.82) is 0 Å². The van der Waals surface area contributed by atoms with Crippen LogP contribution in [0.15, 0.2) is 24.3 Å². The molecule has 2 atom stereocenters. The van der Waals surface area contributed by atoms with Crippen molar-refractivity contribution in [2.75, 3.05) is 31.9 Å². The van der Waals surface area contributed by atoms with Gasteiger partial charge in [-0.3, -0.25) is 10.2 Å². The van der Waals surface area contributed by atoms with Crippen molar-refractivity contribution in [3.05, 3.63) is 64.2 Å². The molecule has 0 saturated heterocycles. The molecule has 11 heteroatoms. The van der Waals surface area contributed by atoms with Crippen LogP contribution in [0.25, 0.3) is 0 Å². The lowest BCUT2D eigenvalue weighted by molar-refractivity contribution is -0.126. The molecule has 2 aromatic carbocycles. The molecule has 2 rings (SSSR count). The lowest BCUT2D eigenvalue weighted by Gasteiger charge is -2.26. The Morgan fingerprint density at radius 1 is 0.946 bits per heavy atom. The predicted molar refractivity (Wildman–Crippen MR) is 133 cm³/mol. The van der Waals surface area contributed by atoms with Gasteiger partial charge in [0.05, 0.1) is 18.6 Å². The summed E-state index contributed by atoms with van der Waals surface area (Å²) in [4.78, 5) is 12.7. The third-order valence-electron chi connectivity index (χ3n) is 5.93. The molecule has 0 aliphatic heterocycles. The maximum atomic E-state index is 15.1. The minimum atomic E-state index is -1.47. The van der Waals surface area contributed by atoms with Crippen LogP contribution in [0.5, 0.6) is 0 Å². The van der Waals surface area contributed by atoms with Gasteiger partial charge in [-0.25, -0.2) is 22.6 Å². The molecule has 0 spiro atoms. The molecule has 1 amide bonds. The first kappa shape index (κ1) is 30.5. The molecule has 7 nitrogen and oxygen atoms in total. The van der Waals surface area contributed by atoms with E-state index in [9.17, 15) is 28.2 Å². The summed E-state index contributed by atoms with van der Waals surface area (Å²) in [6.45, 7) is 4.60. The van der Waals surface area contributed by atoms with Gasteiger partial charge < -0.3 is 21.3 Å². The van der Waals surface area contributed by atoms with Crippen LogP contribution < -0.4 is 16.5 Å². The Kier molecular flexibility index (Phi) is 12.3. The van der Waals surface area contributed by atoms with E-state index in [0.29, 0.717) is 13.0 Å². The van der Waals surface area contributed by atoms with E-state index in [1.54, 1.807) is 0 Å². The zero-order chi connectivity index (χ0) is 27.5. The van der Waals surface area contributed by atoms with Crippen molar-refractivity contribution in [2.24, 2.45) is 0 Å². The SMILES string of the molecule is CCCCNCC(O)c1ccc(F)c(CC(=O)NN(CCCC)CC(O)c2ccc(F)c(N)c2F)c1F. The van der Waals surface area contributed by atoms with Gasteiger partial charge in [0.2, 0.25) is 5.91 Å². The number of anilines is 1. The lowest BCUT2D eigenvalue weighted by atomic mass is 10.0. The fourth-order valence-electron chi connectivity index (χ4n) is 3.75. The molecule has 37 heavy (non-hydrogen) atoms. The highest BCUT2D eigenvalue weighted by Gasteiger charge is 2.24. The van der Waals surface area contributed by atoms with E-state index < -0.39 is 59.1 Å². The summed E-state index contributed by atoms with van der Waals surface area (Å²) in [5.74, 6) is -4.78. The number of nitrogen functional groups attached to an aromatic ring is 1. The summed E-state index contributed by atoms with van der Waals surface area (Å²) >= 11 is 0. The van der Waals surface area contributed by atoms with Crippen molar-refractivity contribution in [3.8, 4) is 0 Å². The number of halogens is 4. The number of hydrogen-bond acceptors (Lipinski definition) is 6. The smallest absolute Gasteiger partial charge is 0.238 e. The van der Waals surface area contributed by atoms with E-state index in [0.717, 1.165) is 43.5 Å². The second-order valence-corrected chi connectivity index (χ2v) is 8.89. The molecule has 206 valence electrons. The number of nitrogens with one attached hydrogen (secondary N) is 2. The number of unbranched alkanes of at least 4 members (excludes halogenated alkanes) is 2. The molecule has 2 aromatic rings. The zero-order valence-electron chi connectivity index (χ0n) is 21.2. The Labute approximate surface area is 214 Å². The van der Waals surface area contributed by atoms with Gasteiger partial charge in [0.1, 0.15) is 23.1 Å². The van der Waals surface area contributed by atoms with Gasteiger partial charge in [-0.1, -0.05) is 38.8 Å². The van der Waals surface area contributed by atoms with Crippen molar-refractivity contribution < 1.29 is 32.6 Å². The van der Waals surface area contributed by atoms with E-state index in [-0.39, 0.29) is 30.8 Å². The average Bonchev–Trinajstić information content (AvgIpc) is 2.86. The molecule has 0 fully saturated rings. The van der Waals surface area contributed by atoms with Crippen molar-refractivity contribution in [2.45, 2.75) is 58.2 Å². The number of hydrogen-bond donors (Lipinski definition) is 5. The Hall–Kier alpha value is -2.73. The highest BCUT2D eigenvalue weighted by Crippen LogP contribution is 2.25. The van der Waals surface area contributed by atoms with E-state index in [2.05, 4.69) is 10.7 Å². The van der Waals surface area contributed by atoms with Crippen molar-refractivity contribution >= 4 is 11.6 Å². The predicted octanol–water partition coefficient (Wildman–Crippen LogP) is 3.66. The zero-order valence-corrected chi connectivity index (χ0v) is 21.2. The Balaban J connectivity index is 2.12. The number of carbonyl (C=O) groups is 1. The van der Waals surface area contributed by atoms with E-state index in [4.69, 9.17) is 5.73 Å². The van der Waals surface area contributed by atoms with Crippen LogP contribution in [0.1, 0.15) is 68.4 Å². The van der Waals surface area contributed by atoms with Crippen LogP contribution in [0.3, 0.4) is 0 Å². The number of rotatable bonds is 15. The highest BCUT2D eigenvalue weighted by molar-refractivity contribution is 5.78. The molecule has 6 N–H and O–H groups in total. The molecule has 0 aliphatic rings. The quantitative estimate of drug-likeness (QED) is 0.104. The van der Waals surface area contributed by atoms with Crippen LogP contribution in [0, 0.1) is 23.3 Å². The summed E-state index contributed by atoms with van der Waals surface area (Å²) < 4.78 is 57.3. The van der Waals surface area contributed by atoms with E-state index >= 15 is 4.39 Å². The standard InChI is InChI=1S/C26H36F4N4O3/c1-3-5-11-32-14-21(35)16-7-9-19(27)18(24(16)29)13-23(37)33-34(12-6-4-2)15-22(36)17-8-10-20(28)26(31)25(17)30/h7-10,21-22,32,35-36H,3-6,11-15,31H2,1-2H3,(H,33,37). The maximum absolute atomic E-state index is 15.1. The van der Waals surface area contributed by atoms with Crippen LogP contribution in [-0.2, 0) is 11.2 Å². The minimum Gasteiger partial charge on any atom is -0.394 e. The summed E-state index contributed by atoms with van der Waals surface area (Å²) in [5, 5.41) is 25.2. The molecule has 0 aliphatic carbocycles. The second kappa shape index (κ2) is 14.9. The third kappa shape index (κ3) is 8.67. The van der Waals surface area contributed by atoms with Crippen LogP contribution >= 0.6 is 0 Å².